The molecular weight excluding hydrogens is 262 g/mol. The molecule has 0 heterocycles. The molecule has 0 aromatic heterocycles. The van der Waals surface area contributed by atoms with Gasteiger partial charge in [-0.3, -0.25) is 4.79 Å². The lowest BCUT2D eigenvalue weighted by Gasteiger charge is -2.10. The number of benzene rings is 2. The van der Waals surface area contributed by atoms with Gasteiger partial charge in [-0.2, -0.15) is 0 Å². The number of amides is 1. The van der Waals surface area contributed by atoms with Crippen molar-refractivity contribution in [1.82, 2.24) is 0 Å². The Hall–Kier alpha value is -2.00. The number of carbonyl (C=O) groups is 1. The Balaban J connectivity index is 2.30. The Labute approximate surface area is 116 Å². The Morgan fingerprint density at radius 2 is 1.89 bits per heavy atom. The Morgan fingerprint density at radius 3 is 2.63 bits per heavy atom. The first-order valence-corrected chi connectivity index (χ1v) is 6.22. The van der Waals surface area contributed by atoms with Gasteiger partial charge in [0, 0.05) is 10.7 Å². The van der Waals surface area contributed by atoms with Crippen molar-refractivity contribution in [3.8, 4) is 5.75 Å². The summed E-state index contributed by atoms with van der Waals surface area (Å²) < 4.78 is 0. The van der Waals surface area contributed by atoms with Crippen molar-refractivity contribution in [2.75, 3.05) is 5.32 Å². The van der Waals surface area contributed by atoms with Crippen LogP contribution in [0.25, 0.3) is 0 Å². The van der Waals surface area contributed by atoms with Crippen LogP contribution in [-0.4, -0.2) is 11.0 Å². The topological polar surface area (TPSA) is 49.3 Å². The summed E-state index contributed by atoms with van der Waals surface area (Å²) in [5, 5.41) is 13.0. The summed E-state index contributed by atoms with van der Waals surface area (Å²) in [6.45, 7) is 3.74. The maximum absolute atomic E-state index is 12.1. The molecule has 3 nitrogen and oxygen atoms in total. The van der Waals surface area contributed by atoms with Crippen molar-refractivity contribution in [1.29, 1.82) is 0 Å². The fraction of sp³-hybridized carbons (Fsp3) is 0.133. The normalized spacial score (nSPS) is 10.3. The highest BCUT2D eigenvalue weighted by Gasteiger charge is 2.12. The van der Waals surface area contributed by atoms with Gasteiger partial charge in [0.1, 0.15) is 5.75 Å². The number of rotatable bonds is 2. The number of hydrogen-bond donors (Lipinski definition) is 2. The monoisotopic (exact) mass is 275 g/mol. The van der Waals surface area contributed by atoms with Crippen LogP contribution in [-0.2, 0) is 0 Å². The van der Waals surface area contributed by atoms with Gasteiger partial charge in [-0.15, -0.1) is 0 Å². The molecule has 0 atom stereocenters. The maximum atomic E-state index is 12.1. The molecule has 0 bridgehead atoms. The van der Waals surface area contributed by atoms with Crippen molar-refractivity contribution in [2.45, 2.75) is 13.8 Å². The standard InChI is InChI=1S/C15H14ClNO2/c1-9-3-6-14(18)12(7-9)15(19)17-13-8-11(16)5-4-10(13)2/h3-8,18H,1-2H3,(H,17,19). The third-order valence-corrected chi connectivity index (χ3v) is 3.08. The molecule has 19 heavy (non-hydrogen) atoms. The first kappa shape index (κ1) is 13.4. The van der Waals surface area contributed by atoms with E-state index in [0.29, 0.717) is 10.7 Å². The Kier molecular flexibility index (Phi) is 3.76. The molecule has 0 radical (unpaired) electrons. The number of nitrogens with one attached hydrogen (secondary N) is 1. The number of aromatic hydroxyl groups is 1. The van der Waals surface area contributed by atoms with Crippen LogP contribution < -0.4 is 5.32 Å². The molecule has 0 saturated carbocycles. The lowest BCUT2D eigenvalue weighted by Crippen LogP contribution is -2.13. The molecule has 0 aliphatic rings. The number of carbonyl (C=O) groups excluding carboxylic acids is 1. The minimum Gasteiger partial charge on any atom is -0.507 e. The molecule has 2 N–H and O–H groups in total. The van der Waals surface area contributed by atoms with E-state index in [1.165, 1.54) is 6.07 Å². The van der Waals surface area contributed by atoms with Crippen molar-refractivity contribution in [3.63, 3.8) is 0 Å². The molecule has 0 aliphatic carbocycles. The number of anilines is 1. The van der Waals surface area contributed by atoms with Gasteiger partial charge in [-0.1, -0.05) is 29.3 Å². The van der Waals surface area contributed by atoms with E-state index in [1.807, 2.05) is 19.9 Å². The van der Waals surface area contributed by atoms with Crippen molar-refractivity contribution >= 4 is 23.2 Å². The lowest BCUT2D eigenvalue weighted by molar-refractivity contribution is 0.102. The molecule has 1 amide bonds. The third kappa shape index (κ3) is 3.06. The Bertz CT molecular complexity index is 638. The number of aryl methyl sites for hydroxylation is 2. The van der Waals surface area contributed by atoms with Gasteiger partial charge in [0.15, 0.2) is 0 Å². The summed E-state index contributed by atoms with van der Waals surface area (Å²) in [5.41, 5.74) is 2.70. The first-order valence-electron chi connectivity index (χ1n) is 5.84. The average molecular weight is 276 g/mol. The van der Waals surface area contributed by atoms with Crippen LogP contribution in [0.2, 0.25) is 5.02 Å². The van der Waals surface area contributed by atoms with E-state index < -0.39 is 0 Å². The highest BCUT2D eigenvalue weighted by atomic mass is 35.5. The van der Waals surface area contributed by atoms with E-state index >= 15 is 0 Å². The van der Waals surface area contributed by atoms with Crippen LogP contribution >= 0.6 is 11.6 Å². The van der Waals surface area contributed by atoms with Gasteiger partial charge < -0.3 is 10.4 Å². The molecule has 0 aliphatic heterocycles. The maximum Gasteiger partial charge on any atom is 0.259 e. The van der Waals surface area contributed by atoms with Crippen molar-refractivity contribution in [2.24, 2.45) is 0 Å². The highest BCUT2D eigenvalue weighted by molar-refractivity contribution is 6.31. The van der Waals surface area contributed by atoms with Gasteiger partial charge in [0.05, 0.1) is 5.56 Å². The van der Waals surface area contributed by atoms with E-state index in [0.717, 1.165) is 11.1 Å². The van der Waals surface area contributed by atoms with Gasteiger partial charge in [-0.05, 0) is 43.7 Å². The average Bonchev–Trinajstić information content (AvgIpc) is 2.36. The summed E-state index contributed by atoms with van der Waals surface area (Å²) in [7, 11) is 0. The third-order valence-electron chi connectivity index (χ3n) is 2.84. The molecule has 0 fully saturated rings. The second-order valence-electron chi connectivity index (χ2n) is 4.43. The number of halogens is 1. The second kappa shape index (κ2) is 5.33. The van der Waals surface area contributed by atoms with Crippen LogP contribution in [0.3, 0.4) is 0 Å². The largest absolute Gasteiger partial charge is 0.507 e. The summed E-state index contributed by atoms with van der Waals surface area (Å²) in [5.74, 6) is -0.394. The van der Waals surface area contributed by atoms with Crippen LogP contribution in [0.5, 0.6) is 5.75 Å². The van der Waals surface area contributed by atoms with E-state index in [4.69, 9.17) is 11.6 Å². The fourth-order valence-electron chi connectivity index (χ4n) is 1.75. The summed E-state index contributed by atoms with van der Waals surface area (Å²) >= 11 is 5.90. The molecule has 2 aromatic carbocycles. The predicted octanol–water partition coefficient (Wildman–Crippen LogP) is 3.91. The number of phenolic OH excluding ortho intramolecular Hbond substituents is 1. The van der Waals surface area contributed by atoms with Gasteiger partial charge in [-0.25, -0.2) is 0 Å². The van der Waals surface area contributed by atoms with Crippen LogP contribution in [0.15, 0.2) is 36.4 Å². The zero-order valence-electron chi connectivity index (χ0n) is 10.7. The first-order chi connectivity index (χ1) is 8.97. The molecule has 98 valence electrons. The molecule has 0 saturated heterocycles. The van der Waals surface area contributed by atoms with Crippen LogP contribution in [0.1, 0.15) is 21.5 Å². The summed E-state index contributed by atoms with van der Waals surface area (Å²) in [6, 6.07) is 10.2. The summed E-state index contributed by atoms with van der Waals surface area (Å²) in [6.07, 6.45) is 0. The molecule has 2 rings (SSSR count). The fourth-order valence-corrected chi connectivity index (χ4v) is 1.92. The van der Waals surface area contributed by atoms with E-state index in [-0.39, 0.29) is 17.2 Å². The van der Waals surface area contributed by atoms with Gasteiger partial charge >= 0.3 is 0 Å². The number of hydrogen-bond acceptors (Lipinski definition) is 2. The summed E-state index contributed by atoms with van der Waals surface area (Å²) in [4.78, 5) is 12.1. The SMILES string of the molecule is Cc1ccc(O)c(C(=O)Nc2cc(Cl)ccc2C)c1. The van der Waals surface area contributed by atoms with Gasteiger partial charge in [0.25, 0.3) is 5.91 Å². The molecule has 0 unspecified atom stereocenters. The van der Waals surface area contributed by atoms with Crippen molar-refractivity contribution in [3.05, 3.63) is 58.1 Å². The van der Waals surface area contributed by atoms with E-state index in [1.54, 1.807) is 24.3 Å². The number of phenols is 1. The van der Waals surface area contributed by atoms with Crippen LogP contribution in [0, 0.1) is 13.8 Å². The molecule has 4 heteroatoms. The van der Waals surface area contributed by atoms with Crippen LogP contribution in [0.4, 0.5) is 5.69 Å². The van der Waals surface area contributed by atoms with E-state index in [2.05, 4.69) is 5.32 Å². The quantitative estimate of drug-likeness (QED) is 0.873. The van der Waals surface area contributed by atoms with E-state index in [9.17, 15) is 9.90 Å². The lowest BCUT2D eigenvalue weighted by atomic mass is 10.1. The second-order valence-corrected chi connectivity index (χ2v) is 4.87. The Morgan fingerprint density at radius 1 is 1.16 bits per heavy atom. The van der Waals surface area contributed by atoms with Gasteiger partial charge in [0.2, 0.25) is 0 Å². The molecular formula is C15H14ClNO2. The minimum atomic E-state index is -0.355. The highest BCUT2D eigenvalue weighted by Crippen LogP contribution is 2.23. The predicted molar refractivity (Wildman–Crippen MR) is 77.0 cm³/mol. The minimum absolute atomic E-state index is 0.0391. The van der Waals surface area contributed by atoms with Crippen molar-refractivity contribution < 1.29 is 9.90 Å². The molecule has 0 spiro atoms. The smallest absolute Gasteiger partial charge is 0.259 e. The molecule has 2 aromatic rings. The zero-order valence-corrected chi connectivity index (χ0v) is 11.5. The zero-order chi connectivity index (χ0) is 14.0.